The van der Waals surface area contributed by atoms with E-state index in [1.54, 1.807) is 0 Å². The van der Waals surface area contributed by atoms with Gasteiger partial charge in [0.2, 0.25) is 5.16 Å². The van der Waals surface area contributed by atoms with Crippen LogP contribution in [0.4, 0.5) is 0 Å². The van der Waals surface area contributed by atoms with E-state index in [-0.39, 0.29) is 11.5 Å². The summed E-state index contributed by atoms with van der Waals surface area (Å²) in [7, 11) is 0. The Morgan fingerprint density at radius 3 is 2.96 bits per heavy atom. The van der Waals surface area contributed by atoms with Gasteiger partial charge >= 0.3 is 0 Å². The van der Waals surface area contributed by atoms with Gasteiger partial charge in [-0.2, -0.15) is 9.94 Å². The molecule has 0 aliphatic carbocycles. The molecule has 0 bridgehead atoms. The smallest absolute Gasteiger partial charge is 0.214 e. The molecule has 8 nitrogen and oxygen atoms in total. The molecular weight excluding hydrogens is 384 g/mol. The third kappa shape index (κ3) is 4.32. The molecule has 0 N–H and O–H groups in total. The first-order valence-corrected chi connectivity index (χ1v) is 9.98. The van der Waals surface area contributed by atoms with E-state index in [4.69, 9.17) is 4.74 Å². The topological polar surface area (TPSA) is 107 Å². The maximum atomic E-state index is 12.5. The maximum absolute atomic E-state index is 12.5. The highest BCUT2D eigenvalue weighted by molar-refractivity contribution is 7.99. The number of hydrogen-bond donors (Lipinski definition) is 0. The highest BCUT2D eigenvalue weighted by Crippen LogP contribution is 2.28. The zero-order chi connectivity index (χ0) is 19.2. The average molecular weight is 400 g/mol. The number of hydrogen-bond acceptors (Lipinski definition) is 9. The molecule has 3 aromatic rings. The average Bonchev–Trinajstić information content (AvgIpc) is 3.30. The molecule has 10 heteroatoms. The normalized spacial score (nSPS) is 11.7. The molecule has 1 unspecified atom stereocenters. The number of thioether (sulfide) groups is 1. The summed E-state index contributed by atoms with van der Waals surface area (Å²) < 4.78 is 7.14. The summed E-state index contributed by atoms with van der Waals surface area (Å²) in [4.78, 5) is 16.8. The van der Waals surface area contributed by atoms with Crippen molar-refractivity contribution in [2.24, 2.45) is 0 Å². The Morgan fingerprint density at radius 2 is 2.26 bits per heavy atom. The predicted octanol–water partition coefficient (Wildman–Crippen LogP) is 2.79. The van der Waals surface area contributed by atoms with E-state index in [0.29, 0.717) is 28.2 Å². The highest BCUT2D eigenvalue weighted by Gasteiger charge is 2.24. The van der Waals surface area contributed by atoms with Crippen LogP contribution in [0.5, 0.6) is 5.75 Å². The third-order valence-corrected chi connectivity index (χ3v) is 5.48. The molecule has 0 fully saturated rings. The molecule has 1 aromatic carbocycles. The first kappa shape index (κ1) is 19.0. The minimum absolute atomic E-state index is 0.0635. The Bertz CT molecular complexity index is 978. The standard InChI is InChI=1S/C17H16N6O2S2/c1-3-25-15-7-5-4-6-13(15)23-17(20-21-22-23)27-10-14(24)12(8-18)16-19-11(2)9-26-16/h4-7,9,12H,3,10H2,1-2H3. The molecule has 0 radical (unpaired) electrons. The van der Waals surface area contributed by atoms with Crippen molar-refractivity contribution < 1.29 is 9.53 Å². The van der Waals surface area contributed by atoms with E-state index in [1.807, 2.05) is 49.6 Å². The van der Waals surface area contributed by atoms with Crippen LogP contribution in [0.15, 0.2) is 34.8 Å². The Hall–Kier alpha value is -2.77. The zero-order valence-corrected chi connectivity index (χ0v) is 16.3. The lowest BCUT2D eigenvalue weighted by molar-refractivity contribution is -0.116. The van der Waals surface area contributed by atoms with Gasteiger partial charge in [0.05, 0.1) is 18.4 Å². The Morgan fingerprint density at radius 1 is 1.44 bits per heavy atom. The number of aryl methyl sites for hydroxylation is 1. The summed E-state index contributed by atoms with van der Waals surface area (Å²) >= 11 is 2.49. The summed E-state index contributed by atoms with van der Waals surface area (Å²) in [5, 5.41) is 23.9. The fourth-order valence-corrected chi connectivity index (χ4v) is 3.97. The number of ketones is 1. The molecule has 0 aliphatic heterocycles. The van der Waals surface area contributed by atoms with Crippen LogP contribution in [0.1, 0.15) is 23.5 Å². The van der Waals surface area contributed by atoms with Crippen LogP contribution in [0.2, 0.25) is 0 Å². The number of rotatable bonds is 8. The number of nitriles is 1. The zero-order valence-electron chi connectivity index (χ0n) is 14.7. The molecule has 2 heterocycles. The van der Waals surface area contributed by atoms with Crippen LogP contribution in [0.3, 0.4) is 0 Å². The van der Waals surface area contributed by atoms with Gasteiger partial charge in [0, 0.05) is 11.1 Å². The van der Waals surface area contributed by atoms with Crippen molar-refractivity contribution in [2.45, 2.75) is 24.9 Å². The summed E-state index contributed by atoms with van der Waals surface area (Å²) in [5.74, 6) is -0.400. The number of benzene rings is 1. The lowest BCUT2D eigenvalue weighted by Gasteiger charge is -2.10. The van der Waals surface area contributed by atoms with Crippen LogP contribution in [-0.2, 0) is 4.79 Å². The van der Waals surface area contributed by atoms with Crippen LogP contribution >= 0.6 is 23.1 Å². The third-order valence-electron chi connectivity index (χ3n) is 3.51. The van der Waals surface area contributed by atoms with Crippen molar-refractivity contribution in [3.05, 3.63) is 40.3 Å². The molecule has 138 valence electrons. The molecule has 0 spiro atoms. The number of nitrogens with zero attached hydrogens (tertiary/aromatic N) is 6. The molecule has 0 saturated heterocycles. The highest BCUT2D eigenvalue weighted by atomic mass is 32.2. The van der Waals surface area contributed by atoms with Crippen molar-refractivity contribution in [2.75, 3.05) is 12.4 Å². The largest absolute Gasteiger partial charge is 0.492 e. The lowest BCUT2D eigenvalue weighted by Crippen LogP contribution is -2.14. The lowest BCUT2D eigenvalue weighted by atomic mass is 10.1. The van der Waals surface area contributed by atoms with Crippen LogP contribution in [0, 0.1) is 18.3 Å². The summed E-state index contributed by atoms with van der Waals surface area (Å²) in [6.45, 7) is 4.24. The number of tetrazole rings is 1. The predicted molar refractivity (Wildman–Crippen MR) is 101 cm³/mol. The van der Waals surface area contributed by atoms with Gasteiger partial charge in [-0.3, -0.25) is 4.79 Å². The van der Waals surface area contributed by atoms with Crippen LogP contribution in [-0.4, -0.2) is 43.3 Å². The molecule has 0 aliphatic rings. The number of aromatic nitrogens is 5. The van der Waals surface area contributed by atoms with E-state index in [0.717, 1.165) is 5.69 Å². The van der Waals surface area contributed by atoms with E-state index >= 15 is 0 Å². The second-order valence-corrected chi connectivity index (χ2v) is 7.25. The molecule has 2 aromatic heterocycles. The van der Waals surface area contributed by atoms with Crippen molar-refractivity contribution >= 4 is 28.9 Å². The van der Waals surface area contributed by atoms with Gasteiger partial charge in [0.1, 0.15) is 16.4 Å². The SMILES string of the molecule is CCOc1ccccc1-n1nnnc1SCC(=O)C(C#N)c1nc(C)cs1. The van der Waals surface area contributed by atoms with Gasteiger partial charge in [-0.25, -0.2) is 4.98 Å². The van der Waals surface area contributed by atoms with E-state index < -0.39 is 5.92 Å². The minimum Gasteiger partial charge on any atom is -0.492 e. The molecule has 0 saturated carbocycles. The fraction of sp³-hybridized carbons (Fsp3) is 0.294. The second kappa shape index (κ2) is 8.75. The fourth-order valence-electron chi connectivity index (χ4n) is 2.32. The number of carbonyl (C=O) groups excluding carboxylic acids is 1. The van der Waals surface area contributed by atoms with E-state index in [9.17, 15) is 10.1 Å². The van der Waals surface area contributed by atoms with Gasteiger partial charge in [-0.05, 0) is 36.4 Å². The summed E-state index contributed by atoms with van der Waals surface area (Å²) in [6.07, 6.45) is 0. The van der Waals surface area contributed by atoms with E-state index in [1.165, 1.54) is 27.8 Å². The number of carbonyl (C=O) groups is 1. The van der Waals surface area contributed by atoms with Crippen molar-refractivity contribution in [3.8, 4) is 17.5 Å². The number of ether oxygens (including phenoxy) is 1. The molecular formula is C17H16N6O2S2. The van der Waals surface area contributed by atoms with Gasteiger partial charge in [0.15, 0.2) is 11.7 Å². The van der Waals surface area contributed by atoms with Crippen molar-refractivity contribution in [1.82, 2.24) is 25.2 Å². The van der Waals surface area contributed by atoms with Crippen LogP contribution < -0.4 is 4.74 Å². The molecule has 3 rings (SSSR count). The number of para-hydroxylation sites is 2. The summed E-state index contributed by atoms with van der Waals surface area (Å²) in [5.41, 5.74) is 1.49. The van der Waals surface area contributed by atoms with Gasteiger partial charge in [-0.1, -0.05) is 23.9 Å². The maximum Gasteiger partial charge on any atom is 0.214 e. The number of thiazole rings is 1. The Kier molecular flexibility index (Phi) is 6.16. The first-order chi connectivity index (χ1) is 13.1. The number of Topliss-reactive ketones (excluding diaryl/α,β-unsaturated/α-hetero) is 1. The Balaban J connectivity index is 1.76. The Labute approximate surface area is 164 Å². The molecule has 1 atom stereocenters. The van der Waals surface area contributed by atoms with Crippen LogP contribution in [0.25, 0.3) is 5.69 Å². The quantitative estimate of drug-likeness (QED) is 0.531. The second-order valence-electron chi connectivity index (χ2n) is 5.42. The first-order valence-electron chi connectivity index (χ1n) is 8.11. The summed E-state index contributed by atoms with van der Waals surface area (Å²) in [6, 6.07) is 9.43. The van der Waals surface area contributed by atoms with Crippen molar-refractivity contribution in [1.29, 1.82) is 5.26 Å². The monoisotopic (exact) mass is 400 g/mol. The van der Waals surface area contributed by atoms with Gasteiger partial charge in [0.25, 0.3) is 0 Å². The van der Waals surface area contributed by atoms with Gasteiger partial charge in [-0.15, -0.1) is 16.4 Å². The molecule has 0 amide bonds. The van der Waals surface area contributed by atoms with E-state index in [2.05, 4.69) is 20.5 Å². The minimum atomic E-state index is -0.878. The van der Waals surface area contributed by atoms with Crippen molar-refractivity contribution in [3.63, 3.8) is 0 Å². The molecule has 27 heavy (non-hydrogen) atoms. The van der Waals surface area contributed by atoms with Gasteiger partial charge < -0.3 is 4.74 Å².